The van der Waals surface area contributed by atoms with E-state index in [1.54, 1.807) is 0 Å². The van der Waals surface area contributed by atoms with E-state index in [1.807, 2.05) is 0 Å². The molecule has 0 saturated heterocycles. The van der Waals surface area contributed by atoms with Gasteiger partial charge in [-0.15, -0.1) is 0 Å². The van der Waals surface area contributed by atoms with E-state index in [1.165, 1.54) is 25.2 Å². The molecular weight excluding hydrogens is 350 g/mol. The third-order valence-electron chi connectivity index (χ3n) is 3.38. The van der Waals surface area contributed by atoms with Gasteiger partial charge in [0, 0.05) is 19.8 Å². The van der Waals surface area contributed by atoms with E-state index >= 15 is 0 Å². The van der Waals surface area contributed by atoms with Gasteiger partial charge in [0.25, 0.3) is 5.91 Å². The number of hydrogen-bond donors (Lipinski definition) is 0. The second-order valence-corrected chi connectivity index (χ2v) is 5.25. The van der Waals surface area contributed by atoms with E-state index in [4.69, 9.17) is 0 Å². The number of alkyl halides is 6. The summed E-state index contributed by atoms with van der Waals surface area (Å²) < 4.78 is 76.3. The zero-order valence-corrected chi connectivity index (χ0v) is 12.8. The molecule has 0 atom stereocenters. The van der Waals surface area contributed by atoms with Crippen molar-refractivity contribution in [1.29, 1.82) is 0 Å². The monoisotopic (exact) mass is 362 g/mol. The number of pyridine rings is 1. The van der Waals surface area contributed by atoms with Crippen LogP contribution in [0, 0.1) is 0 Å². The minimum atomic E-state index is -4.64. The van der Waals surface area contributed by atoms with Gasteiger partial charge in [0.15, 0.2) is 0 Å². The van der Waals surface area contributed by atoms with Crippen molar-refractivity contribution >= 4 is 5.91 Å². The fraction of sp³-hybridized carbons (Fsp3) is 0.250. The summed E-state index contributed by atoms with van der Waals surface area (Å²) in [5.74, 6) is -0.738. The first-order valence-corrected chi connectivity index (χ1v) is 6.94. The summed E-state index contributed by atoms with van der Waals surface area (Å²) in [4.78, 5) is 16.3. The van der Waals surface area contributed by atoms with Gasteiger partial charge in [0.1, 0.15) is 5.69 Å². The number of carbonyl (C=O) groups excluding carboxylic acids is 1. The first kappa shape index (κ1) is 18.8. The molecule has 1 amide bonds. The zero-order chi connectivity index (χ0) is 18.8. The summed E-state index contributed by atoms with van der Waals surface area (Å²) in [6.07, 6.45) is -8.47. The zero-order valence-electron chi connectivity index (χ0n) is 12.8. The molecule has 0 aliphatic rings. The average molecular weight is 362 g/mol. The van der Waals surface area contributed by atoms with E-state index in [9.17, 15) is 31.1 Å². The largest absolute Gasteiger partial charge is 0.433 e. The van der Waals surface area contributed by atoms with Gasteiger partial charge in [-0.1, -0.05) is 18.2 Å². The molecule has 134 valence electrons. The molecule has 0 spiro atoms. The molecule has 2 rings (SSSR count). The Kier molecular flexibility index (Phi) is 5.05. The second kappa shape index (κ2) is 6.73. The van der Waals surface area contributed by atoms with E-state index in [-0.39, 0.29) is 17.7 Å². The predicted molar refractivity (Wildman–Crippen MR) is 76.5 cm³/mol. The minimum Gasteiger partial charge on any atom is -0.337 e. The van der Waals surface area contributed by atoms with E-state index in [0.717, 1.165) is 23.2 Å². The number of halogens is 6. The van der Waals surface area contributed by atoms with Gasteiger partial charge in [-0.25, -0.2) is 0 Å². The van der Waals surface area contributed by atoms with Gasteiger partial charge in [0.2, 0.25) is 0 Å². The lowest BCUT2D eigenvalue weighted by atomic mass is 10.1. The molecule has 1 aromatic heterocycles. The van der Waals surface area contributed by atoms with Crippen LogP contribution in [0.5, 0.6) is 0 Å². The number of benzene rings is 1. The standard InChI is InChI=1S/C16H12F6N2O/c1-24(9-11-4-2-3-5-12(11)15(17,18)19)14(25)10-6-7-13(23-8-10)16(20,21)22/h2-8H,9H2,1H3. The Bertz CT molecular complexity index is 752. The third-order valence-corrected chi connectivity index (χ3v) is 3.38. The fourth-order valence-corrected chi connectivity index (χ4v) is 2.17. The highest BCUT2D eigenvalue weighted by atomic mass is 19.4. The first-order valence-electron chi connectivity index (χ1n) is 6.94. The summed E-state index contributed by atoms with van der Waals surface area (Å²) >= 11 is 0. The number of hydrogen-bond acceptors (Lipinski definition) is 2. The van der Waals surface area contributed by atoms with Crippen LogP contribution < -0.4 is 0 Å². The molecule has 9 heteroatoms. The average Bonchev–Trinajstić information content (AvgIpc) is 2.53. The molecule has 0 fully saturated rings. The Balaban J connectivity index is 2.19. The Morgan fingerprint density at radius 3 is 2.16 bits per heavy atom. The quantitative estimate of drug-likeness (QED) is 0.759. The van der Waals surface area contributed by atoms with Gasteiger partial charge in [-0.05, 0) is 23.8 Å². The number of nitrogens with zero attached hydrogens (tertiary/aromatic N) is 2. The molecule has 2 aromatic rings. The second-order valence-electron chi connectivity index (χ2n) is 5.25. The maximum Gasteiger partial charge on any atom is 0.433 e. The van der Waals surface area contributed by atoms with Crippen LogP contribution in [-0.2, 0) is 18.9 Å². The number of amides is 1. The molecule has 25 heavy (non-hydrogen) atoms. The lowest BCUT2D eigenvalue weighted by Crippen LogP contribution is -2.27. The van der Waals surface area contributed by atoms with Crippen LogP contribution in [0.25, 0.3) is 0 Å². The molecule has 0 radical (unpaired) electrons. The third kappa shape index (κ3) is 4.49. The van der Waals surface area contributed by atoms with Gasteiger partial charge < -0.3 is 4.90 Å². The number of rotatable bonds is 3. The molecular formula is C16H12F6N2O. The smallest absolute Gasteiger partial charge is 0.337 e. The maximum absolute atomic E-state index is 13.0. The minimum absolute atomic E-state index is 0.120. The summed E-state index contributed by atoms with van der Waals surface area (Å²) in [5, 5.41) is 0. The molecule has 0 aliphatic heterocycles. The van der Waals surface area contributed by atoms with Crippen LogP contribution in [-0.4, -0.2) is 22.8 Å². The summed E-state index contributed by atoms with van der Waals surface area (Å²) in [7, 11) is 1.26. The lowest BCUT2D eigenvalue weighted by molar-refractivity contribution is -0.141. The van der Waals surface area contributed by atoms with E-state index < -0.39 is 29.5 Å². The first-order chi connectivity index (χ1) is 11.5. The van der Waals surface area contributed by atoms with Gasteiger partial charge in [0.05, 0.1) is 11.1 Å². The molecule has 0 saturated carbocycles. The summed E-state index contributed by atoms with van der Waals surface area (Å²) in [5.41, 5.74) is -2.31. The lowest BCUT2D eigenvalue weighted by Gasteiger charge is -2.20. The normalized spacial score (nSPS) is 12.1. The molecule has 0 unspecified atom stereocenters. The Morgan fingerprint density at radius 2 is 1.64 bits per heavy atom. The highest BCUT2D eigenvalue weighted by molar-refractivity contribution is 5.93. The Labute approximate surface area is 138 Å². The van der Waals surface area contributed by atoms with E-state index in [0.29, 0.717) is 6.07 Å². The van der Waals surface area contributed by atoms with Gasteiger partial charge >= 0.3 is 12.4 Å². The van der Waals surface area contributed by atoms with Crippen molar-refractivity contribution in [2.75, 3.05) is 7.05 Å². The van der Waals surface area contributed by atoms with E-state index in [2.05, 4.69) is 4.98 Å². The highest BCUT2D eigenvalue weighted by Crippen LogP contribution is 2.32. The molecule has 0 aliphatic carbocycles. The van der Waals surface area contributed by atoms with Crippen molar-refractivity contribution in [3.05, 3.63) is 65.0 Å². The van der Waals surface area contributed by atoms with Crippen LogP contribution in [0.3, 0.4) is 0 Å². The molecule has 3 nitrogen and oxygen atoms in total. The molecule has 0 N–H and O–H groups in total. The van der Waals surface area contributed by atoms with Crippen LogP contribution >= 0.6 is 0 Å². The predicted octanol–water partition coefficient (Wildman–Crippen LogP) is 4.39. The Hall–Kier alpha value is -2.58. The van der Waals surface area contributed by atoms with Crippen molar-refractivity contribution in [2.24, 2.45) is 0 Å². The van der Waals surface area contributed by atoms with Crippen molar-refractivity contribution in [1.82, 2.24) is 9.88 Å². The topological polar surface area (TPSA) is 33.2 Å². The van der Waals surface area contributed by atoms with Crippen molar-refractivity contribution in [2.45, 2.75) is 18.9 Å². The molecule has 1 heterocycles. The maximum atomic E-state index is 13.0. The van der Waals surface area contributed by atoms with Crippen LogP contribution in [0.4, 0.5) is 26.3 Å². The van der Waals surface area contributed by atoms with Crippen LogP contribution in [0.15, 0.2) is 42.6 Å². The summed E-state index contributed by atoms with van der Waals surface area (Å²) in [6.45, 7) is -0.352. The molecule has 1 aromatic carbocycles. The summed E-state index contributed by atoms with van der Waals surface area (Å²) in [6, 6.07) is 6.34. The molecule has 0 bridgehead atoms. The Morgan fingerprint density at radius 1 is 1.00 bits per heavy atom. The van der Waals surface area contributed by atoms with Crippen LogP contribution in [0.2, 0.25) is 0 Å². The van der Waals surface area contributed by atoms with Crippen LogP contribution in [0.1, 0.15) is 27.2 Å². The SMILES string of the molecule is CN(Cc1ccccc1C(F)(F)F)C(=O)c1ccc(C(F)(F)F)nc1. The van der Waals surface area contributed by atoms with Gasteiger partial charge in [-0.2, -0.15) is 26.3 Å². The fourth-order valence-electron chi connectivity index (χ4n) is 2.17. The number of aromatic nitrogens is 1. The van der Waals surface area contributed by atoms with Crippen molar-refractivity contribution < 1.29 is 31.1 Å². The highest BCUT2D eigenvalue weighted by Gasteiger charge is 2.34. The van der Waals surface area contributed by atoms with Gasteiger partial charge in [-0.3, -0.25) is 9.78 Å². The van der Waals surface area contributed by atoms with Crippen molar-refractivity contribution in [3.8, 4) is 0 Å². The number of carbonyl (C=O) groups is 1. The van der Waals surface area contributed by atoms with Crippen molar-refractivity contribution in [3.63, 3.8) is 0 Å².